The number of rotatable bonds is 3. The number of hydrogen-bond acceptors (Lipinski definition) is 2. The molecule has 1 aromatic carbocycles. The lowest BCUT2D eigenvalue weighted by molar-refractivity contribution is 0.102. The Morgan fingerprint density at radius 2 is 2.12 bits per heavy atom. The summed E-state index contributed by atoms with van der Waals surface area (Å²) in [4.78, 5) is 16.5. The highest BCUT2D eigenvalue weighted by molar-refractivity contribution is 6.07. The van der Waals surface area contributed by atoms with Gasteiger partial charge in [0.05, 0.1) is 0 Å². The van der Waals surface area contributed by atoms with Gasteiger partial charge in [0.2, 0.25) is 5.78 Å². The molecule has 1 heterocycles. The van der Waals surface area contributed by atoms with Crippen LogP contribution in [0, 0.1) is 13.8 Å². The number of hydrogen-bond donors (Lipinski definition) is 0. The van der Waals surface area contributed by atoms with Crippen molar-refractivity contribution in [2.75, 3.05) is 0 Å². The van der Waals surface area contributed by atoms with Gasteiger partial charge < -0.3 is 4.57 Å². The van der Waals surface area contributed by atoms with E-state index in [1.54, 1.807) is 6.20 Å². The highest BCUT2D eigenvalue weighted by atomic mass is 16.1. The van der Waals surface area contributed by atoms with Crippen LogP contribution >= 0.6 is 0 Å². The van der Waals surface area contributed by atoms with Gasteiger partial charge in [0, 0.05) is 24.5 Å². The van der Waals surface area contributed by atoms with Gasteiger partial charge in [0.25, 0.3) is 0 Å². The third kappa shape index (κ3) is 2.13. The summed E-state index contributed by atoms with van der Waals surface area (Å²) in [6, 6.07) is 5.85. The monoisotopic (exact) mass is 228 g/mol. The Hall–Kier alpha value is -1.90. The van der Waals surface area contributed by atoms with Crippen molar-refractivity contribution in [3.63, 3.8) is 0 Å². The zero-order valence-electron chi connectivity index (χ0n) is 10.4. The molecule has 0 N–H and O–H groups in total. The molecule has 3 nitrogen and oxygen atoms in total. The normalized spacial score (nSPS) is 10.5. The van der Waals surface area contributed by atoms with Crippen LogP contribution in [0.5, 0.6) is 0 Å². The summed E-state index contributed by atoms with van der Waals surface area (Å²) in [5, 5.41) is 0. The Balaban J connectivity index is 2.44. The molecule has 17 heavy (non-hydrogen) atoms. The van der Waals surface area contributed by atoms with E-state index in [0.717, 1.165) is 23.2 Å². The Morgan fingerprint density at radius 3 is 2.76 bits per heavy atom. The molecule has 0 saturated carbocycles. The van der Waals surface area contributed by atoms with Gasteiger partial charge in [-0.1, -0.05) is 23.8 Å². The van der Waals surface area contributed by atoms with Gasteiger partial charge >= 0.3 is 0 Å². The summed E-state index contributed by atoms with van der Waals surface area (Å²) in [6.07, 6.45) is 3.50. The van der Waals surface area contributed by atoms with Gasteiger partial charge in [-0.25, -0.2) is 4.98 Å². The maximum Gasteiger partial charge on any atom is 0.228 e. The fourth-order valence-electron chi connectivity index (χ4n) is 1.96. The van der Waals surface area contributed by atoms with E-state index in [4.69, 9.17) is 0 Å². The topological polar surface area (TPSA) is 34.9 Å². The Morgan fingerprint density at radius 1 is 1.35 bits per heavy atom. The van der Waals surface area contributed by atoms with Crippen LogP contribution in [0.4, 0.5) is 0 Å². The fourth-order valence-corrected chi connectivity index (χ4v) is 1.96. The zero-order chi connectivity index (χ0) is 12.4. The molecule has 0 bridgehead atoms. The largest absolute Gasteiger partial charge is 0.328 e. The van der Waals surface area contributed by atoms with Crippen molar-refractivity contribution in [3.8, 4) is 0 Å². The van der Waals surface area contributed by atoms with Crippen LogP contribution in [0.2, 0.25) is 0 Å². The number of imidazole rings is 1. The molecule has 0 aliphatic heterocycles. The van der Waals surface area contributed by atoms with Gasteiger partial charge in [0.15, 0.2) is 5.82 Å². The van der Waals surface area contributed by atoms with Crippen molar-refractivity contribution < 1.29 is 4.79 Å². The van der Waals surface area contributed by atoms with Gasteiger partial charge in [-0.15, -0.1) is 0 Å². The van der Waals surface area contributed by atoms with E-state index in [1.165, 1.54) is 0 Å². The van der Waals surface area contributed by atoms with Gasteiger partial charge in [0.1, 0.15) is 0 Å². The third-order valence-corrected chi connectivity index (χ3v) is 2.89. The van der Waals surface area contributed by atoms with Gasteiger partial charge in [-0.05, 0) is 26.3 Å². The van der Waals surface area contributed by atoms with Crippen molar-refractivity contribution >= 4 is 5.78 Å². The minimum absolute atomic E-state index is 0.00523. The molecule has 0 amide bonds. The van der Waals surface area contributed by atoms with E-state index in [-0.39, 0.29) is 5.78 Å². The quantitative estimate of drug-likeness (QED) is 0.757. The van der Waals surface area contributed by atoms with E-state index in [0.29, 0.717) is 5.82 Å². The van der Waals surface area contributed by atoms with Crippen molar-refractivity contribution in [1.29, 1.82) is 0 Å². The summed E-state index contributed by atoms with van der Waals surface area (Å²) >= 11 is 0. The summed E-state index contributed by atoms with van der Waals surface area (Å²) < 4.78 is 1.86. The van der Waals surface area contributed by atoms with E-state index < -0.39 is 0 Å². The van der Waals surface area contributed by atoms with Crippen molar-refractivity contribution in [1.82, 2.24) is 9.55 Å². The van der Waals surface area contributed by atoms with E-state index in [9.17, 15) is 4.79 Å². The van der Waals surface area contributed by atoms with E-state index in [2.05, 4.69) is 4.98 Å². The summed E-state index contributed by atoms with van der Waals surface area (Å²) in [5.41, 5.74) is 2.90. The van der Waals surface area contributed by atoms with Gasteiger partial charge in [-0.2, -0.15) is 0 Å². The maximum absolute atomic E-state index is 12.3. The number of ketones is 1. The zero-order valence-corrected chi connectivity index (χ0v) is 10.4. The summed E-state index contributed by atoms with van der Waals surface area (Å²) in [5.74, 6) is 0.508. The molecule has 0 aliphatic rings. The minimum Gasteiger partial charge on any atom is -0.328 e. The molecular weight excluding hydrogens is 212 g/mol. The second kappa shape index (κ2) is 4.53. The number of nitrogens with zero attached hydrogens (tertiary/aromatic N) is 2. The summed E-state index contributed by atoms with van der Waals surface area (Å²) in [7, 11) is 0. The number of carbonyl (C=O) groups excluding carboxylic acids is 1. The van der Waals surface area contributed by atoms with Gasteiger partial charge in [-0.3, -0.25) is 4.79 Å². The molecule has 88 valence electrons. The second-order valence-electron chi connectivity index (χ2n) is 4.18. The van der Waals surface area contributed by atoms with Crippen molar-refractivity contribution in [2.45, 2.75) is 27.3 Å². The van der Waals surface area contributed by atoms with Crippen LogP contribution < -0.4 is 0 Å². The van der Waals surface area contributed by atoms with Crippen LogP contribution in [0.25, 0.3) is 0 Å². The highest BCUT2D eigenvalue weighted by Gasteiger charge is 2.16. The first-order valence-corrected chi connectivity index (χ1v) is 5.76. The van der Waals surface area contributed by atoms with Crippen LogP contribution in [0.1, 0.15) is 34.2 Å². The average Bonchev–Trinajstić information content (AvgIpc) is 2.76. The van der Waals surface area contributed by atoms with E-state index >= 15 is 0 Å². The predicted octanol–water partition coefficient (Wildman–Crippen LogP) is 2.75. The Bertz CT molecular complexity index is 555. The number of aromatic nitrogens is 2. The maximum atomic E-state index is 12.3. The lowest BCUT2D eigenvalue weighted by atomic mass is 10.0. The van der Waals surface area contributed by atoms with Crippen LogP contribution in [0.3, 0.4) is 0 Å². The molecule has 3 heteroatoms. The Labute approximate surface area is 101 Å². The molecule has 0 saturated heterocycles. The third-order valence-electron chi connectivity index (χ3n) is 2.89. The smallest absolute Gasteiger partial charge is 0.228 e. The number of benzene rings is 1. The first-order chi connectivity index (χ1) is 8.13. The minimum atomic E-state index is -0.00523. The van der Waals surface area contributed by atoms with Crippen molar-refractivity contribution in [2.24, 2.45) is 0 Å². The standard InChI is InChI=1S/C14H16N2O/c1-4-16-8-7-15-14(16)13(17)12-6-5-10(2)9-11(12)3/h5-9H,4H2,1-3H3. The molecule has 0 fully saturated rings. The molecular formula is C14H16N2O. The van der Waals surface area contributed by atoms with Crippen LogP contribution in [-0.2, 0) is 6.54 Å². The molecule has 0 aliphatic carbocycles. The SMILES string of the molecule is CCn1ccnc1C(=O)c1ccc(C)cc1C. The molecule has 0 atom stereocenters. The fraction of sp³-hybridized carbons (Fsp3) is 0.286. The Kier molecular flexibility index (Phi) is 3.09. The number of carbonyl (C=O) groups is 1. The molecule has 0 spiro atoms. The summed E-state index contributed by atoms with van der Waals surface area (Å²) in [6.45, 7) is 6.74. The molecule has 1 aromatic heterocycles. The highest BCUT2D eigenvalue weighted by Crippen LogP contribution is 2.14. The van der Waals surface area contributed by atoms with Crippen LogP contribution in [0.15, 0.2) is 30.6 Å². The molecule has 0 radical (unpaired) electrons. The second-order valence-corrected chi connectivity index (χ2v) is 4.18. The molecule has 0 unspecified atom stereocenters. The average molecular weight is 228 g/mol. The first kappa shape index (κ1) is 11.6. The molecule has 2 aromatic rings. The number of aryl methyl sites for hydroxylation is 3. The van der Waals surface area contributed by atoms with Crippen LogP contribution in [-0.4, -0.2) is 15.3 Å². The van der Waals surface area contributed by atoms with Crippen molar-refractivity contribution in [3.05, 3.63) is 53.1 Å². The predicted molar refractivity (Wildman–Crippen MR) is 67.2 cm³/mol. The first-order valence-electron chi connectivity index (χ1n) is 5.76. The van der Waals surface area contributed by atoms with E-state index in [1.807, 2.05) is 49.7 Å². The lowest BCUT2D eigenvalue weighted by Gasteiger charge is -2.07. The lowest BCUT2D eigenvalue weighted by Crippen LogP contribution is -2.11. The molecule has 2 rings (SSSR count).